The minimum absolute atomic E-state index is 0. The zero-order chi connectivity index (χ0) is 15.3. The molecule has 0 saturated heterocycles. The molecule has 23 heavy (non-hydrogen) atoms. The summed E-state index contributed by atoms with van der Waals surface area (Å²) in [4.78, 5) is 0. The molecule has 0 amide bonds. The van der Waals surface area contributed by atoms with Gasteiger partial charge in [-0.1, -0.05) is 54.6 Å². The summed E-state index contributed by atoms with van der Waals surface area (Å²) in [6, 6.07) is 31.8. The lowest BCUT2D eigenvalue weighted by Gasteiger charge is -2.25. The molecule has 3 heteroatoms. The molecule has 0 unspecified atom stereocenters. The number of benzene rings is 3. The van der Waals surface area contributed by atoms with Crippen LogP contribution in [0, 0.1) is 0 Å². The van der Waals surface area contributed by atoms with Gasteiger partial charge in [-0.25, -0.2) is 4.52 Å². The largest absolute Gasteiger partial charge is 1.00 e. The Morgan fingerprint density at radius 2 is 0.913 bits per heavy atom. The van der Waals surface area contributed by atoms with Crippen molar-refractivity contribution in [3.63, 3.8) is 0 Å². The number of hydrogen-bond acceptors (Lipinski definition) is 1. The van der Waals surface area contributed by atoms with Gasteiger partial charge in [0.25, 0.3) is 0 Å². The van der Waals surface area contributed by atoms with Gasteiger partial charge in [0.15, 0.2) is 0 Å². The first-order valence-corrected chi connectivity index (χ1v) is 9.29. The van der Waals surface area contributed by atoms with Gasteiger partial charge in [-0.15, -0.1) is 0 Å². The molecule has 0 aliphatic rings. The molecular weight excluding hydrogens is 367 g/mol. The van der Waals surface area contributed by atoms with Crippen molar-refractivity contribution in [3.05, 3.63) is 91.0 Å². The third kappa shape index (κ3) is 3.55. The molecule has 0 radical (unpaired) electrons. The summed E-state index contributed by atoms with van der Waals surface area (Å²) >= 11 is 0. The van der Waals surface area contributed by atoms with E-state index in [-0.39, 0.29) is 17.0 Å². The van der Waals surface area contributed by atoms with E-state index in [0.29, 0.717) is 6.61 Å². The van der Waals surface area contributed by atoms with E-state index in [4.69, 9.17) is 4.52 Å². The van der Waals surface area contributed by atoms with E-state index in [2.05, 4.69) is 97.9 Å². The molecule has 0 spiro atoms. The predicted molar refractivity (Wildman–Crippen MR) is 96.8 cm³/mol. The summed E-state index contributed by atoms with van der Waals surface area (Å²) in [6.07, 6.45) is 0. The van der Waals surface area contributed by atoms with Crippen LogP contribution in [-0.2, 0) is 4.52 Å². The maximum absolute atomic E-state index is 6.50. The molecule has 0 bridgehead atoms. The van der Waals surface area contributed by atoms with E-state index in [0.717, 1.165) is 0 Å². The Morgan fingerprint density at radius 3 is 1.17 bits per heavy atom. The Morgan fingerprint density at radius 1 is 0.609 bits per heavy atom. The van der Waals surface area contributed by atoms with Crippen molar-refractivity contribution in [1.29, 1.82) is 0 Å². The van der Waals surface area contributed by atoms with E-state index in [9.17, 15) is 0 Å². The Balaban J connectivity index is 0.00000192. The molecule has 1 nitrogen and oxygen atoms in total. The van der Waals surface area contributed by atoms with Gasteiger partial charge in [0.2, 0.25) is 7.49 Å². The van der Waals surface area contributed by atoms with Crippen molar-refractivity contribution in [2.45, 2.75) is 6.92 Å². The van der Waals surface area contributed by atoms with Crippen molar-refractivity contribution >= 4 is 23.4 Å². The average molecular weight is 387 g/mol. The van der Waals surface area contributed by atoms with E-state index in [1.54, 1.807) is 0 Å². The van der Waals surface area contributed by atoms with Crippen molar-refractivity contribution < 1.29 is 21.5 Å². The molecule has 0 aliphatic carbocycles. The highest BCUT2D eigenvalue weighted by Crippen LogP contribution is 2.56. The van der Waals surface area contributed by atoms with Crippen LogP contribution in [0.2, 0.25) is 0 Å². The zero-order valence-corrected chi connectivity index (χ0v) is 15.6. The van der Waals surface area contributed by atoms with Crippen molar-refractivity contribution in [1.82, 2.24) is 0 Å². The number of halogens is 1. The van der Waals surface area contributed by atoms with Crippen LogP contribution in [0.4, 0.5) is 0 Å². The van der Waals surface area contributed by atoms with Gasteiger partial charge in [-0.05, 0) is 43.3 Å². The van der Waals surface area contributed by atoms with Crippen LogP contribution in [0.5, 0.6) is 0 Å². The minimum atomic E-state index is -2.05. The fraction of sp³-hybridized carbons (Fsp3) is 0.100. The molecule has 3 aromatic carbocycles. The van der Waals surface area contributed by atoms with Crippen molar-refractivity contribution in [2.24, 2.45) is 0 Å². The average Bonchev–Trinajstić information content (AvgIpc) is 2.62. The lowest BCUT2D eigenvalue weighted by Crippen LogP contribution is -3.00. The standard InChI is InChI=1S/C20H20OP.BrH/c1-2-21-22(18-12-6-3-7-13-18,19-14-8-4-9-15-19)20-16-10-5-11-17-20;/h3-17H,2H2,1H3;1H/q+1;/p-1. The van der Waals surface area contributed by atoms with Crippen LogP contribution in [0.1, 0.15) is 6.92 Å². The van der Waals surface area contributed by atoms with Gasteiger partial charge in [-0.3, -0.25) is 0 Å². The minimum Gasteiger partial charge on any atom is -1.00 e. The van der Waals surface area contributed by atoms with Crippen LogP contribution in [0.15, 0.2) is 91.0 Å². The lowest BCUT2D eigenvalue weighted by atomic mass is 10.4. The molecule has 0 fully saturated rings. The van der Waals surface area contributed by atoms with E-state index < -0.39 is 7.49 Å². The summed E-state index contributed by atoms with van der Waals surface area (Å²) in [6.45, 7) is 2.76. The molecule has 3 aromatic rings. The normalized spacial score (nSPS) is 10.8. The molecule has 118 valence electrons. The van der Waals surface area contributed by atoms with E-state index in [1.807, 2.05) is 0 Å². The predicted octanol–water partition coefficient (Wildman–Crippen LogP) is 0.936. The van der Waals surface area contributed by atoms with Gasteiger partial charge in [0, 0.05) is 0 Å². The maximum atomic E-state index is 6.50. The molecular formula is C20H20BrOP. The molecule has 3 rings (SSSR count). The highest BCUT2D eigenvalue weighted by Gasteiger charge is 2.47. The Hall–Kier alpha value is -1.47. The first-order valence-electron chi connectivity index (χ1n) is 7.58. The van der Waals surface area contributed by atoms with Gasteiger partial charge in [0.05, 0.1) is 6.61 Å². The molecule has 0 aliphatic heterocycles. The topological polar surface area (TPSA) is 9.23 Å². The third-order valence-corrected chi connectivity index (χ3v) is 7.40. The second kappa shape index (κ2) is 8.40. The fourth-order valence-corrected chi connectivity index (χ4v) is 6.28. The summed E-state index contributed by atoms with van der Waals surface area (Å²) in [5, 5.41) is 3.78. The van der Waals surface area contributed by atoms with E-state index in [1.165, 1.54) is 15.9 Å². The van der Waals surface area contributed by atoms with E-state index >= 15 is 0 Å². The van der Waals surface area contributed by atoms with Gasteiger partial charge >= 0.3 is 0 Å². The first-order chi connectivity index (χ1) is 10.9. The lowest BCUT2D eigenvalue weighted by molar-refractivity contribution is -0.00000500. The number of rotatable bonds is 5. The second-order valence-corrected chi connectivity index (χ2v) is 8.06. The Kier molecular flexibility index (Phi) is 6.53. The van der Waals surface area contributed by atoms with Gasteiger partial charge in [-0.2, -0.15) is 0 Å². The highest BCUT2D eigenvalue weighted by molar-refractivity contribution is 7.91. The fourth-order valence-electron chi connectivity index (χ4n) is 2.78. The maximum Gasteiger partial charge on any atom is 0.242 e. The first kappa shape index (κ1) is 17.9. The van der Waals surface area contributed by atoms with Gasteiger partial charge < -0.3 is 17.0 Å². The molecule has 0 heterocycles. The summed E-state index contributed by atoms with van der Waals surface area (Å²) in [5.74, 6) is 0. The van der Waals surface area contributed by atoms with Crippen molar-refractivity contribution in [2.75, 3.05) is 6.61 Å². The summed E-state index contributed by atoms with van der Waals surface area (Å²) < 4.78 is 6.50. The smallest absolute Gasteiger partial charge is 0.242 e. The second-order valence-electron chi connectivity index (χ2n) is 5.03. The van der Waals surface area contributed by atoms with Crippen LogP contribution in [0.3, 0.4) is 0 Å². The quantitative estimate of drug-likeness (QED) is 0.593. The Bertz CT molecular complexity index is 605. The summed E-state index contributed by atoms with van der Waals surface area (Å²) in [5.41, 5.74) is 0. The molecule has 0 saturated carbocycles. The summed E-state index contributed by atoms with van der Waals surface area (Å²) in [7, 11) is -2.05. The molecule has 0 N–H and O–H groups in total. The van der Waals surface area contributed by atoms with Crippen LogP contribution in [-0.4, -0.2) is 6.61 Å². The monoisotopic (exact) mass is 386 g/mol. The highest BCUT2D eigenvalue weighted by atomic mass is 79.9. The third-order valence-electron chi connectivity index (χ3n) is 3.68. The Labute approximate surface area is 149 Å². The van der Waals surface area contributed by atoms with Crippen LogP contribution < -0.4 is 32.9 Å². The number of hydrogen-bond donors (Lipinski definition) is 0. The van der Waals surface area contributed by atoms with Crippen molar-refractivity contribution in [3.8, 4) is 0 Å². The van der Waals surface area contributed by atoms with Crippen LogP contribution >= 0.6 is 7.49 Å². The SMILES string of the molecule is CCO[P+](c1ccccc1)(c1ccccc1)c1ccccc1.[Br-]. The molecule has 0 aromatic heterocycles. The molecule has 0 atom stereocenters. The zero-order valence-electron chi connectivity index (χ0n) is 13.1. The van der Waals surface area contributed by atoms with Gasteiger partial charge in [0.1, 0.15) is 15.9 Å². The van der Waals surface area contributed by atoms with Crippen LogP contribution in [0.25, 0.3) is 0 Å².